The molecule has 0 fully saturated rings. The zero-order valence-electron chi connectivity index (χ0n) is 18.5. The van der Waals surface area contributed by atoms with Crippen molar-refractivity contribution in [3.05, 3.63) is 61.2 Å². The number of hydrogen-bond donors (Lipinski definition) is 3. The average molecular weight is 429 g/mol. The minimum Gasteiger partial charge on any atom is -0.345 e. The van der Waals surface area contributed by atoms with Crippen LogP contribution >= 0.6 is 0 Å². The SMILES string of the molecule is C=CCN(CC=C)[C@@H](Cc1ccccc1)C(=O)N[C@@H](CCCCN)C(=O)N[C@@H](C)C=O. The molecule has 0 saturated heterocycles. The highest BCUT2D eigenvalue weighted by Gasteiger charge is 2.29. The van der Waals surface area contributed by atoms with Gasteiger partial charge in [-0.25, -0.2) is 0 Å². The third-order valence-electron chi connectivity index (χ3n) is 4.90. The van der Waals surface area contributed by atoms with E-state index in [9.17, 15) is 14.4 Å². The van der Waals surface area contributed by atoms with Crippen molar-refractivity contribution >= 4 is 18.1 Å². The molecule has 0 aliphatic heterocycles. The lowest BCUT2D eigenvalue weighted by Crippen LogP contribution is -2.55. The van der Waals surface area contributed by atoms with Crippen molar-refractivity contribution in [2.45, 2.75) is 50.7 Å². The summed E-state index contributed by atoms with van der Waals surface area (Å²) in [4.78, 5) is 38.9. The third kappa shape index (κ3) is 9.72. The summed E-state index contributed by atoms with van der Waals surface area (Å²) in [7, 11) is 0. The number of unbranched alkanes of at least 4 members (excludes halogenated alkanes) is 1. The summed E-state index contributed by atoms with van der Waals surface area (Å²) in [5.41, 5.74) is 6.59. The van der Waals surface area contributed by atoms with Crippen LogP contribution in [0.5, 0.6) is 0 Å². The highest BCUT2D eigenvalue weighted by molar-refractivity contribution is 5.91. The first-order chi connectivity index (χ1) is 15.0. The van der Waals surface area contributed by atoms with Crippen molar-refractivity contribution in [1.29, 1.82) is 0 Å². The maximum atomic E-state index is 13.3. The van der Waals surface area contributed by atoms with Crippen LogP contribution in [0.25, 0.3) is 0 Å². The van der Waals surface area contributed by atoms with Crippen molar-refractivity contribution < 1.29 is 14.4 Å². The van der Waals surface area contributed by atoms with Gasteiger partial charge in [-0.3, -0.25) is 14.5 Å². The molecule has 0 bridgehead atoms. The van der Waals surface area contributed by atoms with Crippen LogP contribution in [0.1, 0.15) is 31.7 Å². The van der Waals surface area contributed by atoms with Crippen LogP contribution in [0.4, 0.5) is 0 Å². The van der Waals surface area contributed by atoms with Gasteiger partial charge in [-0.1, -0.05) is 42.5 Å². The van der Waals surface area contributed by atoms with Crippen LogP contribution in [0.2, 0.25) is 0 Å². The predicted octanol–water partition coefficient (Wildman–Crippen LogP) is 1.59. The number of nitrogens with one attached hydrogen (secondary N) is 2. The zero-order chi connectivity index (χ0) is 23.1. The number of carbonyl (C=O) groups excluding carboxylic acids is 3. The van der Waals surface area contributed by atoms with Gasteiger partial charge in [-0.15, -0.1) is 13.2 Å². The molecule has 4 N–H and O–H groups in total. The Bertz CT molecular complexity index is 698. The van der Waals surface area contributed by atoms with E-state index >= 15 is 0 Å². The Morgan fingerprint density at radius 2 is 1.71 bits per heavy atom. The predicted molar refractivity (Wildman–Crippen MR) is 124 cm³/mol. The molecule has 0 unspecified atom stereocenters. The Balaban J connectivity index is 3.07. The van der Waals surface area contributed by atoms with Gasteiger partial charge in [-0.2, -0.15) is 0 Å². The Morgan fingerprint density at radius 1 is 1.06 bits per heavy atom. The van der Waals surface area contributed by atoms with Crippen molar-refractivity contribution in [2.24, 2.45) is 5.73 Å². The standard InChI is InChI=1S/C24H36N4O3/c1-4-15-28(16-5-2)22(17-20-11-7-6-8-12-20)24(31)27-21(13-9-10-14-25)23(30)26-19(3)18-29/h4-8,11-12,18-19,21-22H,1-2,9-10,13-17,25H2,3H3,(H,26,30)(H,27,31)/t19-,21-,22-/m0/s1. The van der Waals surface area contributed by atoms with Crippen molar-refractivity contribution in [3.63, 3.8) is 0 Å². The Kier molecular flexibility index (Phi) is 12.8. The number of aldehydes is 1. The van der Waals surface area contributed by atoms with E-state index in [-0.39, 0.29) is 11.8 Å². The Hall–Kier alpha value is -2.77. The van der Waals surface area contributed by atoms with Gasteiger partial charge in [-0.05, 0) is 44.7 Å². The molecule has 31 heavy (non-hydrogen) atoms. The summed E-state index contributed by atoms with van der Waals surface area (Å²) in [6.45, 7) is 10.7. The molecule has 7 nitrogen and oxygen atoms in total. The molecular formula is C24H36N4O3. The van der Waals surface area contributed by atoms with Crippen LogP contribution < -0.4 is 16.4 Å². The largest absolute Gasteiger partial charge is 0.345 e. The fourth-order valence-electron chi connectivity index (χ4n) is 3.27. The fourth-order valence-corrected chi connectivity index (χ4v) is 3.27. The van der Waals surface area contributed by atoms with Crippen molar-refractivity contribution in [1.82, 2.24) is 15.5 Å². The van der Waals surface area contributed by atoms with E-state index in [1.165, 1.54) is 0 Å². The lowest BCUT2D eigenvalue weighted by atomic mass is 10.0. The van der Waals surface area contributed by atoms with Gasteiger partial charge in [0, 0.05) is 13.1 Å². The Morgan fingerprint density at radius 3 is 2.26 bits per heavy atom. The van der Waals surface area contributed by atoms with E-state index in [1.807, 2.05) is 35.2 Å². The van der Waals surface area contributed by atoms with Crippen molar-refractivity contribution in [3.8, 4) is 0 Å². The van der Waals surface area contributed by atoms with E-state index in [1.54, 1.807) is 19.1 Å². The van der Waals surface area contributed by atoms with Crippen LogP contribution in [-0.4, -0.2) is 60.8 Å². The molecule has 0 radical (unpaired) electrons. The summed E-state index contributed by atoms with van der Waals surface area (Å²) in [5.74, 6) is -0.623. The number of nitrogens with two attached hydrogens (primary N) is 1. The fraction of sp³-hybridized carbons (Fsp3) is 0.458. The maximum Gasteiger partial charge on any atom is 0.243 e. The Labute approximate surface area is 185 Å². The number of benzene rings is 1. The molecule has 0 heterocycles. The molecule has 0 aliphatic rings. The molecule has 0 spiro atoms. The lowest BCUT2D eigenvalue weighted by molar-refractivity contribution is -0.132. The number of nitrogens with zero attached hydrogens (tertiary/aromatic N) is 1. The molecule has 3 atom stereocenters. The summed E-state index contributed by atoms with van der Waals surface area (Å²) in [6, 6.07) is 7.85. The number of hydrogen-bond acceptors (Lipinski definition) is 5. The molecule has 0 aromatic heterocycles. The van der Waals surface area contributed by atoms with E-state index in [0.717, 1.165) is 12.0 Å². The monoisotopic (exact) mass is 428 g/mol. The van der Waals surface area contributed by atoms with Gasteiger partial charge in [0.25, 0.3) is 0 Å². The van der Waals surface area contributed by atoms with Gasteiger partial charge in [0.05, 0.1) is 12.1 Å². The second-order valence-corrected chi connectivity index (χ2v) is 7.52. The zero-order valence-corrected chi connectivity index (χ0v) is 18.5. The topological polar surface area (TPSA) is 105 Å². The van der Waals surface area contributed by atoms with Crippen LogP contribution in [0, 0.1) is 0 Å². The molecule has 1 rings (SSSR count). The van der Waals surface area contributed by atoms with E-state index in [2.05, 4.69) is 23.8 Å². The number of amides is 2. The summed E-state index contributed by atoms with van der Waals surface area (Å²) in [5, 5.41) is 5.54. The molecule has 0 saturated carbocycles. The first kappa shape index (κ1) is 26.3. The van der Waals surface area contributed by atoms with Gasteiger partial charge in [0.2, 0.25) is 11.8 Å². The van der Waals surface area contributed by atoms with E-state index < -0.39 is 18.1 Å². The van der Waals surface area contributed by atoms with E-state index in [4.69, 9.17) is 5.73 Å². The molecule has 7 heteroatoms. The normalized spacial score (nSPS) is 13.6. The first-order valence-electron chi connectivity index (χ1n) is 10.7. The van der Waals surface area contributed by atoms with Crippen molar-refractivity contribution in [2.75, 3.05) is 19.6 Å². The smallest absolute Gasteiger partial charge is 0.243 e. The van der Waals surface area contributed by atoms with Gasteiger partial charge in [0.15, 0.2) is 0 Å². The highest BCUT2D eigenvalue weighted by atomic mass is 16.2. The van der Waals surface area contributed by atoms with Crippen LogP contribution in [0.3, 0.4) is 0 Å². The van der Waals surface area contributed by atoms with Gasteiger partial charge in [0.1, 0.15) is 12.3 Å². The van der Waals surface area contributed by atoms with Gasteiger partial charge < -0.3 is 21.2 Å². The molecule has 170 valence electrons. The molecule has 1 aromatic carbocycles. The molecule has 1 aromatic rings. The number of carbonyl (C=O) groups is 3. The number of rotatable bonds is 16. The third-order valence-corrected chi connectivity index (χ3v) is 4.90. The summed E-state index contributed by atoms with van der Waals surface area (Å²) >= 11 is 0. The second-order valence-electron chi connectivity index (χ2n) is 7.52. The average Bonchev–Trinajstić information content (AvgIpc) is 2.77. The minimum atomic E-state index is -0.742. The first-order valence-corrected chi connectivity index (χ1v) is 10.7. The molecule has 2 amide bonds. The summed E-state index contributed by atoms with van der Waals surface area (Å²) in [6.07, 6.45) is 6.51. The van der Waals surface area contributed by atoms with Crippen LogP contribution in [0.15, 0.2) is 55.6 Å². The minimum absolute atomic E-state index is 0.251. The summed E-state index contributed by atoms with van der Waals surface area (Å²) < 4.78 is 0. The quantitative estimate of drug-likeness (QED) is 0.211. The van der Waals surface area contributed by atoms with Crippen LogP contribution in [-0.2, 0) is 20.8 Å². The van der Waals surface area contributed by atoms with Gasteiger partial charge >= 0.3 is 0 Å². The van der Waals surface area contributed by atoms with E-state index in [0.29, 0.717) is 45.2 Å². The highest BCUT2D eigenvalue weighted by Crippen LogP contribution is 2.12. The maximum absolute atomic E-state index is 13.3. The second kappa shape index (κ2) is 15.1. The molecular weight excluding hydrogens is 392 g/mol. The molecule has 0 aliphatic carbocycles. The lowest BCUT2D eigenvalue weighted by Gasteiger charge is -2.31.